The second kappa shape index (κ2) is 10.6. The Labute approximate surface area is 203 Å². The van der Waals surface area contributed by atoms with Crippen molar-refractivity contribution in [3.63, 3.8) is 0 Å². The fraction of sp³-hybridized carbons (Fsp3) is 0.308. The Bertz CT molecular complexity index is 1290. The molecule has 0 aliphatic rings. The number of rotatable bonds is 10. The Balaban J connectivity index is 1.46. The van der Waals surface area contributed by atoms with Gasteiger partial charge in [0.05, 0.1) is 25.2 Å². The summed E-state index contributed by atoms with van der Waals surface area (Å²) in [6.45, 7) is 5.57. The molecule has 1 amide bonds. The van der Waals surface area contributed by atoms with Crippen LogP contribution in [0.5, 0.6) is 17.2 Å². The molecule has 7 nitrogen and oxygen atoms in total. The van der Waals surface area contributed by atoms with Crippen molar-refractivity contribution >= 4 is 27.5 Å². The molecule has 8 heteroatoms. The summed E-state index contributed by atoms with van der Waals surface area (Å²) in [6.07, 6.45) is 0.694. The van der Waals surface area contributed by atoms with Gasteiger partial charge in [0.1, 0.15) is 16.3 Å². The number of aryl methyl sites for hydroxylation is 1. The number of methoxy groups -OCH3 is 1. The summed E-state index contributed by atoms with van der Waals surface area (Å²) >= 11 is 1.44. The molecule has 0 atom stereocenters. The van der Waals surface area contributed by atoms with Gasteiger partial charge in [-0.15, -0.1) is 11.3 Å². The standard InChI is InChI=1S/C26H29N3O4S/c1-5-32-21-11-10-17(14-22(21)33-6-2)12-13-27-25(30)23-16-20-24(28-29(3)26(20)34-23)18-8-7-9-19(15-18)31-4/h7-11,14-16H,5-6,12-13H2,1-4H3,(H,27,30). The normalized spacial score (nSPS) is 10.9. The summed E-state index contributed by atoms with van der Waals surface area (Å²) in [5, 5.41) is 8.65. The third-order valence-electron chi connectivity index (χ3n) is 5.39. The summed E-state index contributed by atoms with van der Waals surface area (Å²) in [5.74, 6) is 2.15. The first kappa shape index (κ1) is 23.6. The number of amides is 1. The van der Waals surface area contributed by atoms with E-state index in [2.05, 4.69) is 10.4 Å². The molecule has 178 valence electrons. The van der Waals surface area contributed by atoms with Gasteiger partial charge in [-0.25, -0.2) is 0 Å². The van der Waals surface area contributed by atoms with Crippen molar-refractivity contribution in [1.82, 2.24) is 15.1 Å². The van der Waals surface area contributed by atoms with E-state index in [9.17, 15) is 4.79 Å². The number of carbonyl (C=O) groups excluding carboxylic acids is 1. The Morgan fingerprint density at radius 3 is 2.62 bits per heavy atom. The average Bonchev–Trinajstić information content (AvgIpc) is 3.41. The number of thiophene rings is 1. The van der Waals surface area contributed by atoms with E-state index in [1.165, 1.54) is 11.3 Å². The third kappa shape index (κ3) is 5.02. The van der Waals surface area contributed by atoms with Crippen LogP contribution in [0.25, 0.3) is 21.5 Å². The molecular formula is C26H29N3O4S. The molecule has 0 bridgehead atoms. The van der Waals surface area contributed by atoms with E-state index in [1.807, 2.05) is 74.1 Å². The largest absolute Gasteiger partial charge is 0.497 e. The summed E-state index contributed by atoms with van der Waals surface area (Å²) in [5.41, 5.74) is 2.87. The number of carbonyl (C=O) groups is 1. The Morgan fingerprint density at radius 2 is 1.85 bits per heavy atom. The molecule has 4 aromatic rings. The zero-order valence-electron chi connectivity index (χ0n) is 19.9. The number of nitrogens with zero attached hydrogens (tertiary/aromatic N) is 2. The number of hydrogen-bond donors (Lipinski definition) is 1. The first-order valence-corrected chi connectivity index (χ1v) is 12.1. The van der Waals surface area contributed by atoms with Crippen LogP contribution in [0.15, 0.2) is 48.5 Å². The summed E-state index contributed by atoms with van der Waals surface area (Å²) in [7, 11) is 3.54. The van der Waals surface area contributed by atoms with E-state index >= 15 is 0 Å². The van der Waals surface area contributed by atoms with Crippen molar-refractivity contribution in [2.45, 2.75) is 20.3 Å². The van der Waals surface area contributed by atoms with Gasteiger partial charge in [0, 0.05) is 24.5 Å². The molecule has 0 unspecified atom stereocenters. The molecule has 0 aliphatic carbocycles. The minimum absolute atomic E-state index is 0.0891. The summed E-state index contributed by atoms with van der Waals surface area (Å²) in [6, 6.07) is 15.6. The van der Waals surface area contributed by atoms with Crippen LogP contribution in [0.2, 0.25) is 0 Å². The maximum atomic E-state index is 12.9. The number of hydrogen-bond acceptors (Lipinski definition) is 6. The molecule has 0 saturated carbocycles. The Hall–Kier alpha value is -3.52. The van der Waals surface area contributed by atoms with E-state index in [1.54, 1.807) is 7.11 Å². The van der Waals surface area contributed by atoms with Crippen LogP contribution in [0.3, 0.4) is 0 Å². The van der Waals surface area contributed by atoms with Crippen LogP contribution in [0, 0.1) is 0 Å². The van der Waals surface area contributed by atoms with Gasteiger partial charge in [-0.1, -0.05) is 18.2 Å². The first-order valence-electron chi connectivity index (χ1n) is 11.3. The van der Waals surface area contributed by atoms with E-state index in [-0.39, 0.29) is 5.91 Å². The maximum absolute atomic E-state index is 12.9. The molecule has 2 aromatic carbocycles. The SMILES string of the molecule is CCOc1ccc(CCNC(=O)c2cc3c(-c4cccc(OC)c4)nn(C)c3s2)cc1OCC. The molecule has 2 heterocycles. The predicted molar refractivity (Wildman–Crippen MR) is 135 cm³/mol. The number of aromatic nitrogens is 2. The Kier molecular flexibility index (Phi) is 7.37. The van der Waals surface area contributed by atoms with Gasteiger partial charge in [0.25, 0.3) is 5.91 Å². The lowest BCUT2D eigenvalue weighted by Gasteiger charge is -2.12. The van der Waals surface area contributed by atoms with Gasteiger partial charge < -0.3 is 19.5 Å². The lowest BCUT2D eigenvalue weighted by Crippen LogP contribution is -2.24. The minimum Gasteiger partial charge on any atom is -0.497 e. The lowest BCUT2D eigenvalue weighted by atomic mass is 10.1. The smallest absolute Gasteiger partial charge is 0.261 e. The van der Waals surface area contributed by atoms with Crippen molar-refractivity contribution in [2.24, 2.45) is 7.05 Å². The minimum atomic E-state index is -0.0891. The zero-order chi connectivity index (χ0) is 24.1. The summed E-state index contributed by atoms with van der Waals surface area (Å²) < 4.78 is 18.5. The van der Waals surface area contributed by atoms with Gasteiger partial charge in [-0.3, -0.25) is 9.48 Å². The number of benzene rings is 2. The number of ether oxygens (including phenoxy) is 3. The molecule has 0 fully saturated rings. The van der Waals surface area contributed by atoms with Gasteiger partial charge in [0.15, 0.2) is 11.5 Å². The highest BCUT2D eigenvalue weighted by Crippen LogP contribution is 2.35. The lowest BCUT2D eigenvalue weighted by molar-refractivity contribution is 0.0958. The van der Waals surface area contributed by atoms with Gasteiger partial charge in [-0.05, 0) is 56.2 Å². The van der Waals surface area contributed by atoms with Crippen molar-refractivity contribution in [1.29, 1.82) is 0 Å². The van der Waals surface area contributed by atoms with E-state index in [0.717, 1.165) is 44.3 Å². The quantitative estimate of drug-likeness (QED) is 0.343. The Morgan fingerprint density at radius 1 is 1.06 bits per heavy atom. The molecule has 4 rings (SSSR count). The number of fused-ring (bicyclic) bond motifs is 1. The van der Waals surface area contributed by atoms with E-state index < -0.39 is 0 Å². The molecule has 2 aromatic heterocycles. The third-order valence-corrected chi connectivity index (χ3v) is 6.59. The van der Waals surface area contributed by atoms with Gasteiger partial charge >= 0.3 is 0 Å². The van der Waals surface area contributed by atoms with E-state index in [4.69, 9.17) is 14.2 Å². The highest BCUT2D eigenvalue weighted by molar-refractivity contribution is 7.20. The molecule has 1 N–H and O–H groups in total. The highest BCUT2D eigenvalue weighted by atomic mass is 32.1. The molecule has 34 heavy (non-hydrogen) atoms. The average molecular weight is 480 g/mol. The van der Waals surface area contributed by atoms with Crippen LogP contribution >= 0.6 is 11.3 Å². The highest BCUT2D eigenvalue weighted by Gasteiger charge is 2.18. The predicted octanol–water partition coefficient (Wildman–Crippen LogP) is 5.08. The molecule has 0 radical (unpaired) electrons. The summed E-state index contributed by atoms with van der Waals surface area (Å²) in [4.78, 5) is 14.5. The maximum Gasteiger partial charge on any atom is 0.261 e. The van der Waals surface area contributed by atoms with E-state index in [0.29, 0.717) is 31.1 Å². The van der Waals surface area contributed by atoms with Crippen LogP contribution in [0.1, 0.15) is 29.1 Å². The number of nitrogens with one attached hydrogen (secondary N) is 1. The van der Waals surface area contributed by atoms with Crippen molar-refractivity contribution < 1.29 is 19.0 Å². The molecular weight excluding hydrogens is 450 g/mol. The van der Waals surface area contributed by atoms with Gasteiger partial charge in [0.2, 0.25) is 0 Å². The zero-order valence-corrected chi connectivity index (χ0v) is 20.7. The van der Waals surface area contributed by atoms with Crippen molar-refractivity contribution in [3.8, 4) is 28.5 Å². The van der Waals surface area contributed by atoms with Crippen LogP contribution < -0.4 is 19.5 Å². The van der Waals surface area contributed by atoms with Crippen LogP contribution in [0.4, 0.5) is 0 Å². The first-order chi connectivity index (χ1) is 16.5. The second-order valence-electron chi connectivity index (χ2n) is 7.69. The fourth-order valence-electron chi connectivity index (χ4n) is 3.79. The monoisotopic (exact) mass is 479 g/mol. The van der Waals surface area contributed by atoms with Crippen LogP contribution in [-0.4, -0.2) is 42.6 Å². The van der Waals surface area contributed by atoms with Crippen LogP contribution in [-0.2, 0) is 13.5 Å². The topological polar surface area (TPSA) is 74.6 Å². The molecule has 0 saturated heterocycles. The van der Waals surface area contributed by atoms with Crippen molar-refractivity contribution in [3.05, 3.63) is 59.0 Å². The molecule has 0 aliphatic heterocycles. The molecule has 0 spiro atoms. The van der Waals surface area contributed by atoms with Crippen molar-refractivity contribution in [2.75, 3.05) is 26.9 Å². The second-order valence-corrected chi connectivity index (χ2v) is 8.72. The fourth-order valence-corrected chi connectivity index (χ4v) is 4.78. The van der Waals surface area contributed by atoms with Gasteiger partial charge in [-0.2, -0.15) is 5.10 Å².